The van der Waals surface area contributed by atoms with Crippen LogP contribution in [0.25, 0.3) is 5.65 Å². The van der Waals surface area contributed by atoms with Crippen LogP contribution in [0.4, 0.5) is 5.00 Å². The lowest BCUT2D eigenvalue weighted by atomic mass is 9.88. The second-order valence-corrected chi connectivity index (χ2v) is 9.50. The number of carbonyl (C=O) groups excluding carboxylic acids is 2. The quantitative estimate of drug-likeness (QED) is 0.434. The van der Waals surface area contributed by atoms with E-state index in [0.29, 0.717) is 35.3 Å². The lowest BCUT2D eigenvalue weighted by Crippen LogP contribution is -2.16. The highest BCUT2D eigenvalue weighted by atomic mass is 32.2. The van der Waals surface area contributed by atoms with E-state index in [9.17, 15) is 9.59 Å². The number of anilines is 1. The van der Waals surface area contributed by atoms with Crippen LogP contribution in [0.15, 0.2) is 29.6 Å². The molecule has 3 aromatic heterocycles. The molecule has 30 heavy (non-hydrogen) atoms. The predicted octanol–water partition coefficient (Wildman–Crippen LogP) is 4.21. The first-order valence-electron chi connectivity index (χ1n) is 10.1. The Morgan fingerprint density at radius 3 is 3.07 bits per heavy atom. The van der Waals surface area contributed by atoms with E-state index in [1.807, 2.05) is 28.8 Å². The first-order chi connectivity index (χ1) is 14.6. The van der Waals surface area contributed by atoms with Crippen molar-refractivity contribution >= 4 is 45.6 Å². The zero-order chi connectivity index (χ0) is 21.1. The maximum Gasteiger partial charge on any atom is 0.341 e. The van der Waals surface area contributed by atoms with Crippen LogP contribution in [-0.2, 0) is 22.4 Å². The van der Waals surface area contributed by atoms with Crippen LogP contribution in [0.2, 0.25) is 0 Å². The van der Waals surface area contributed by atoms with Gasteiger partial charge in [0.15, 0.2) is 10.8 Å². The van der Waals surface area contributed by atoms with Gasteiger partial charge in [0.25, 0.3) is 0 Å². The molecule has 0 spiro atoms. The van der Waals surface area contributed by atoms with E-state index in [2.05, 4.69) is 22.4 Å². The van der Waals surface area contributed by atoms with Crippen molar-refractivity contribution in [1.29, 1.82) is 0 Å². The number of hydrogen-bond acceptors (Lipinski definition) is 7. The van der Waals surface area contributed by atoms with Crippen molar-refractivity contribution in [2.45, 2.75) is 44.7 Å². The molecule has 4 rings (SSSR count). The highest BCUT2D eigenvalue weighted by Gasteiger charge is 2.29. The lowest BCUT2D eigenvalue weighted by Gasteiger charge is -2.18. The summed E-state index contributed by atoms with van der Waals surface area (Å²) in [6, 6.07) is 5.72. The van der Waals surface area contributed by atoms with Crippen molar-refractivity contribution in [3.05, 3.63) is 40.4 Å². The van der Waals surface area contributed by atoms with Crippen molar-refractivity contribution in [2.75, 3.05) is 17.7 Å². The van der Waals surface area contributed by atoms with Crippen molar-refractivity contribution in [1.82, 2.24) is 14.6 Å². The summed E-state index contributed by atoms with van der Waals surface area (Å²) in [5.74, 6) is 0.695. The fraction of sp³-hybridized carbons (Fsp3) is 0.429. The Labute approximate surface area is 183 Å². The molecule has 9 heteroatoms. The minimum Gasteiger partial charge on any atom is -0.462 e. The summed E-state index contributed by atoms with van der Waals surface area (Å²) in [6.45, 7) is 4.33. The molecule has 1 amide bonds. The van der Waals surface area contributed by atoms with Crippen LogP contribution < -0.4 is 5.32 Å². The highest BCUT2D eigenvalue weighted by molar-refractivity contribution is 7.99. The molecule has 1 aliphatic carbocycles. The third-order valence-corrected chi connectivity index (χ3v) is 7.20. The first-order valence-corrected chi connectivity index (χ1v) is 11.9. The summed E-state index contributed by atoms with van der Waals surface area (Å²) >= 11 is 3.00. The van der Waals surface area contributed by atoms with E-state index in [1.54, 1.807) is 6.92 Å². The van der Waals surface area contributed by atoms with Crippen LogP contribution in [0.5, 0.6) is 0 Å². The van der Waals surface area contributed by atoms with E-state index in [4.69, 9.17) is 4.74 Å². The molecule has 0 fully saturated rings. The molecule has 3 aromatic rings. The summed E-state index contributed by atoms with van der Waals surface area (Å²) in [6.07, 6.45) is 5.06. The molecule has 0 saturated carbocycles. The maximum absolute atomic E-state index is 12.6. The van der Waals surface area contributed by atoms with Gasteiger partial charge in [-0.2, -0.15) is 0 Å². The Hall–Kier alpha value is -2.39. The van der Waals surface area contributed by atoms with Crippen LogP contribution in [-0.4, -0.2) is 38.8 Å². The first kappa shape index (κ1) is 20.9. The average Bonchev–Trinajstić information content (AvgIpc) is 3.29. The second-order valence-electron chi connectivity index (χ2n) is 7.33. The molecule has 0 aliphatic heterocycles. The Kier molecular flexibility index (Phi) is 6.38. The molecular formula is C21H24N4O3S2. The number of rotatable bonds is 7. The number of hydrogen-bond donors (Lipinski definition) is 1. The molecule has 0 aromatic carbocycles. The SMILES string of the molecule is CCOC(=O)c1c(NC(=O)CCSc2nnc3ccccn23)sc2c1CC[C@H](C)C2. The zero-order valence-corrected chi connectivity index (χ0v) is 18.6. The summed E-state index contributed by atoms with van der Waals surface area (Å²) in [5, 5.41) is 12.6. The van der Waals surface area contributed by atoms with Gasteiger partial charge < -0.3 is 10.1 Å². The van der Waals surface area contributed by atoms with Gasteiger partial charge in [0, 0.05) is 23.2 Å². The van der Waals surface area contributed by atoms with Gasteiger partial charge >= 0.3 is 5.97 Å². The maximum atomic E-state index is 12.6. The Morgan fingerprint density at radius 2 is 2.23 bits per heavy atom. The molecule has 0 saturated heterocycles. The molecule has 0 bridgehead atoms. The number of amides is 1. The van der Waals surface area contributed by atoms with Crippen molar-refractivity contribution < 1.29 is 14.3 Å². The van der Waals surface area contributed by atoms with E-state index >= 15 is 0 Å². The summed E-state index contributed by atoms with van der Waals surface area (Å²) < 4.78 is 7.17. The van der Waals surface area contributed by atoms with Crippen molar-refractivity contribution in [2.24, 2.45) is 5.92 Å². The van der Waals surface area contributed by atoms with Gasteiger partial charge in [0.05, 0.1) is 12.2 Å². The zero-order valence-electron chi connectivity index (χ0n) is 17.0. The minimum absolute atomic E-state index is 0.117. The van der Waals surface area contributed by atoms with Gasteiger partial charge in [-0.05, 0) is 49.8 Å². The molecule has 0 radical (unpaired) electrons. The number of aromatic nitrogens is 3. The van der Waals surface area contributed by atoms with Crippen molar-refractivity contribution in [3.63, 3.8) is 0 Å². The van der Waals surface area contributed by atoms with Crippen molar-refractivity contribution in [3.8, 4) is 0 Å². The summed E-state index contributed by atoms with van der Waals surface area (Å²) in [7, 11) is 0. The van der Waals surface area contributed by atoms with Crippen LogP contribution >= 0.6 is 23.1 Å². The number of nitrogens with one attached hydrogen (secondary N) is 1. The summed E-state index contributed by atoms with van der Waals surface area (Å²) in [5.41, 5.74) is 2.38. The molecular weight excluding hydrogens is 420 g/mol. The third kappa shape index (κ3) is 4.37. The predicted molar refractivity (Wildman–Crippen MR) is 118 cm³/mol. The van der Waals surface area contributed by atoms with E-state index in [-0.39, 0.29) is 11.9 Å². The molecule has 0 unspecified atom stereocenters. The smallest absolute Gasteiger partial charge is 0.341 e. The number of nitrogens with zero attached hydrogens (tertiary/aromatic N) is 3. The van der Waals surface area contributed by atoms with Gasteiger partial charge in [0.1, 0.15) is 5.00 Å². The Morgan fingerprint density at radius 1 is 1.37 bits per heavy atom. The largest absolute Gasteiger partial charge is 0.462 e. The number of thioether (sulfide) groups is 1. The van der Waals surface area contributed by atoms with Crippen LogP contribution in [0.1, 0.15) is 47.5 Å². The second kappa shape index (κ2) is 9.18. The third-order valence-electron chi connectivity index (χ3n) is 5.09. The fourth-order valence-corrected chi connectivity index (χ4v) is 5.88. The number of carbonyl (C=O) groups is 2. The molecule has 1 atom stereocenters. The van der Waals surface area contributed by atoms with Crippen LogP contribution in [0, 0.1) is 5.92 Å². The number of ether oxygens (including phenoxy) is 1. The molecule has 7 nitrogen and oxygen atoms in total. The molecule has 3 heterocycles. The standard InChI is InChI=1S/C21H24N4O3S2/c1-3-28-20(27)18-14-8-7-13(2)12-15(14)30-19(18)22-17(26)9-11-29-21-24-23-16-6-4-5-10-25(16)21/h4-6,10,13H,3,7-9,11-12H2,1-2H3,(H,22,26)/t13-/m0/s1. The summed E-state index contributed by atoms with van der Waals surface area (Å²) in [4.78, 5) is 26.4. The Balaban J connectivity index is 1.43. The number of thiophene rings is 1. The van der Waals surface area contributed by atoms with Gasteiger partial charge in [-0.15, -0.1) is 21.5 Å². The number of pyridine rings is 1. The number of esters is 1. The highest BCUT2D eigenvalue weighted by Crippen LogP contribution is 2.40. The average molecular weight is 445 g/mol. The van der Waals surface area contributed by atoms with Crippen LogP contribution in [0.3, 0.4) is 0 Å². The minimum atomic E-state index is -0.343. The van der Waals surface area contributed by atoms with Gasteiger partial charge in [0.2, 0.25) is 5.91 Å². The lowest BCUT2D eigenvalue weighted by molar-refractivity contribution is -0.115. The molecule has 1 aliphatic rings. The normalized spacial score (nSPS) is 15.7. The van der Waals surface area contributed by atoms with Gasteiger partial charge in [-0.1, -0.05) is 24.8 Å². The monoisotopic (exact) mass is 444 g/mol. The topological polar surface area (TPSA) is 85.6 Å². The Bertz CT molecular complexity index is 1080. The van der Waals surface area contributed by atoms with E-state index < -0.39 is 0 Å². The molecule has 158 valence electrons. The van der Waals surface area contributed by atoms with E-state index in [1.165, 1.54) is 28.0 Å². The molecule has 1 N–H and O–H groups in total. The van der Waals surface area contributed by atoms with E-state index in [0.717, 1.165) is 35.6 Å². The van der Waals surface area contributed by atoms with Gasteiger partial charge in [-0.25, -0.2) is 4.79 Å². The fourth-order valence-electron chi connectivity index (χ4n) is 3.60. The van der Waals surface area contributed by atoms with Gasteiger partial charge in [-0.3, -0.25) is 9.20 Å². The number of fused-ring (bicyclic) bond motifs is 2.